The van der Waals surface area contributed by atoms with Crippen LogP contribution in [0.4, 0.5) is 4.79 Å². The number of ether oxygens (including phenoxy) is 1. The van der Waals surface area contributed by atoms with Gasteiger partial charge in [0.1, 0.15) is 12.6 Å². The summed E-state index contributed by atoms with van der Waals surface area (Å²) in [5.74, 6) is -1.51. The van der Waals surface area contributed by atoms with Gasteiger partial charge in [0.2, 0.25) is 0 Å². The number of esters is 1. The smallest absolute Gasteiger partial charge is 0.326 e. The van der Waals surface area contributed by atoms with Crippen LogP contribution in [0.2, 0.25) is 0 Å². The summed E-state index contributed by atoms with van der Waals surface area (Å²) < 4.78 is 4.60. The second kappa shape index (κ2) is 7.85. The largest absolute Gasteiger partial charge is 0.480 e. The molecular formula is C14H24N2O5. The van der Waals surface area contributed by atoms with E-state index in [9.17, 15) is 19.5 Å². The molecule has 0 spiro atoms. The number of rotatable bonds is 4. The van der Waals surface area contributed by atoms with Crippen LogP contribution < -0.4 is 0 Å². The fraction of sp³-hybridized carbons (Fsp3) is 0.786. The molecule has 1 N–H and O–H groups in total. The van der Waals surface area contributed by atoms with Crippen molar-refractivity contribution in [1.82, 2.24) is 9.80 Å². The minimum absolute atomic E-state index is 0.171. The van der Waals surface area contributed by atoms with Gasteiger partial charge in [0.25, 0.3) is 0 Å². The van der Waals surface area contributed by atoms with Crippen LogP contribution in [0.5, 0.6) is 0 Å². The van der Waals surface area contributed by atoms with Gasteiger partial charge in [-0.15, -0.1) is 0 Å². The Morgan fingerprint density at radius 3 is 2.48 bits per heavy atom. The fourth-order valence-corrected chi connectivity index (χ4v) is 2.43. The second-order valence-electron chi connectivity index (χ2n) is 5.48. The first-order valence-corrected chi connectivity index (χ1v) is 7.25. The lowest BCUT2D eigenvalue weighted by molar-refractivity contribution is -0.142. The summed E-state index contributed by atoms with van der Waals surface area (Å²) in [7, 11) is 1.26. The van der Waals surface area contributed by atoms with Crippen molar-refractivity contribution >= 4 is 18.0 Å². The molecule has 1 saturated heterocycles. The van der Waals surface area contributed by atoms with Gasteiger partial charge >= 0.3 is 18.0 Å². The predicted octanol–water partition coefficient (Wildman–Crippen LogP) is 1.32. The molecule has 0 aromatic rings. The first kappa shape index (κ1) is 17.3. The van der Waals surface area contributed by atoms with Crippen molar-refractivity contribution in [3.63, 3.8) is 0 Å². The highest BCUT2D eigenvalue weighted by Gasteiger charge is 2.34. The zero-order valence-electron chi connectivity index (χ0n) is 12.9. The monoisotopic (exact) mass is 300 g/mol. The molecule has 2 amide bonds. The summed E-state index contributed by atoms with van der Waals surface area (Å²) in [4.78, 5) is 38.2. The Bertz CT molecular complexity index is 397. The number of aliphatic carboxylic acids is 1. The van der Waals surface area contributed by atoms with Crippen LogP contribution in [0.3, 0.4) is 0 Å². The number of carboxylic acid groups (broad SMARTS) is 1. The molecule has 1 fully saturated rings. The van der Waals surface area contributed by atoms with Crippen LogP contribution in [0.25, 0.3) is 0 Å². The van der Waals surface area contributed by atoms with Gasteiger partial charge < -0.3 is 19.6 Å². The summed E-state index contributed by atoms with van der Waals surface area (Å²) in [6, 6.07) is -1.45. The molecule has 7 nitrogen and oxygen atoms in total. The van der Waals surface area contributed by atoms with Crippen molar-refractivity contribution in [2.75, 3.05) is 20.2 Å². The number of methoxy groups -OCH3 is 1. The number of urea groups is 1. The molecule has 0 aromatic heterocycles. The SMILES string of the molecule is COC(=O)CN(C(=O)N1CCCCCC1C(=O)O)C(C)C. The highest BCUT2D eigenvalue weighted by atomic mass is 16.5. The van der Waals surface area contributed by atoms with Crippen molar-refractivity contribution in [2.45, 2.75) is 51.6 Å². The molecule has 1 heterocycles. The number of carbonyl (C=O) groups excluding carboxylic acids is 2. The number of hydrogen-bond donors (Lipinski definition) is 1. The summed E-state index contributed by atoms with van der Waals surface area (Å²) in [6.07, 6.45) is 2.93. The second-order valence-corrected chi connectivity index (χ2v) is 5.48. The maximum absolute atomic E-state index is 12.6. The van der Waals surface area contributed by atoms with Crippen LogP contribution in [-0.2, 0) is 14.3 Å². The molecule has 1 aliphatic rings. The van der Waals surface area contributed by atoms with Gasteiger partial charge in [-0.2, -0.15) is 0 Å². The Balaban J connectivity index is 2.92. The van der Waals surface area contributed by atoms with Crippen molar-refractivity contribution in [1.29, 1.82) is 0 Å². The molecule has 1 aliphatic heterocycles. The number of amides is 2. The topological polar surface area (TPSA) is 87.2 Å². The lowest BCUT2D eigenvalue weighted by Crippen LogP contribution is -2.53. The van der Waals surface area contributed by atoms with E-state index < -0.39 is 24.0 Å². The van der Waals surface area contributed by atoms with Crippen molar-refractivity contribution in [2.24, 2.45) is 0 Å². The van der Waals surface area contributed by atoms with Gasteiger partial charge in [0.05, 0.1) is 7.11 Å². The standard InChI is InChI=1S/C14H24N2O5/c1-10(2)16(9-12(17)21-3)14(20)15-8-6-4-5-7-11(15)13(18)19/h10-11H,4-9H2,1-3H3,(H,18,19). The maximum Gasteiger partial charge on any atom is 0.326 e. The molecule has 1 rings (SSSR count). The van der Waals surface area contributed by atoms with Gasteiger partial charge in [0.15, 0.2) is 0 Å². The van der Waals surface area contributed by atoms with Crippen molar-refractivity contribution < 1.29 is 24.2 Å². The highest BCUT2D eigenvalue weighted by molar-refractivity contribution is 5.85. The Labute approximate surface area is 124 Å². The Hall–Kier alpha value is -1.79. The predicted molar refractivity (Wildman–Crippen MR) is 75.9 cm³/mol. The lowest BCUT2D eigenvalue weighted by atomic mass is 10.1. The zero-order chi connectivity index (χ0) is 16.0. The van der Waals surface area contributed by atoms with E-state index in [2.05, 4.69) is 4.74 Å². The van der Waals surface area contributed by atoms with E-state index in [0.29, 0.717) is 13.0 Å². The average Bonchev–Trinajstić information content (AvgIpc) is 2.68. The van der Waals surface area contributed by atoms with Gasteiger partial charge in [-0.05, 0) is 26.7 Å². The number of carbonyl (C=O) groups is 3. The number of hydrogen-bond acceptors (Lipinski definition) is 4. The average molecular weight is 300 g/mol. The molecular weight excluding hydrogens is 276 g/mol. The molecule has 7 heteroatoms. The normalized spacial score (nSPS) is 19.0. The molecule has 0 saturated carbocycles. The molecule has 21 heavy (non-hydrogen) atoms. The first-order chi connectivity index (χ1) is 9.88. The Morgan fingerprint density at radius 1 is 1.29 bits per heavy atom. The van der Waals surface area contributed by atoms with Gasteiger partial charge in [-0.3, -0.25) is 4.79 Å². The van der Waals surface area contributed by atoms with E-state index in [1.165, 1.54) is 16.9 Å². The van der Waals surface area contributed by atoms with Crippen LogP contribution in [0, 0.1) is 0 Å². The summed E-state index contributed by atoms with van der Waals surface area (Å²) in [5.41, 5.74) is 0. The zero-order valence-corrected chi connectivity index (χ0v) is 12.9. The molecule has 0 radical (unpaired) electrons. The van der Waals surface area contributed by atoms with E-state index in [0.717, 1.165) is 19.3 Å². The third kappa shape index (κ3) is 4.61. The summed E-state index contributed by atoms with van der Waals surface area (Å²) in [5, 5.41) is 9.33. The van der Waals surface area contributed by atoms with E-state index in [4.69, 9.17) is 0 Å². The summed E-state index contributed by atoms with van der Waals surface area (Å²) in [6.45, 7) is 3.80. The quantitative estimate of drug-likeness (QED) is 0.791. The molecule has 1 atom stereocenters. The third-order valence-electron chi connectivity index (χ3n) is 3.68. The van der Waals surface area contributed by atoms with E-state index >= 15 is 0 Å². The number of likely N-dealkylation sites (tertiary alicyclic amines) is 1. The van der Waals surface area contributed by atoms with E-state index in [1.807, 2.05) is 0 Å². The molecule has 0 aromatic carbocycles. The van der Waals surface area contributed by atoms with Crippen molar-refractivity contribution in [3.8, 4) is 0 Å². The Morgan fingerprint density at radius 2 is 1.95 bits per heavy atom. The number of nitrogens with zero attached hydrogens (tertiary/aromatic N) is 2. The maximum atomic E-state index is 12.6. The fourth-order valence-electron chi connectivity index (χ4n) is 2.43. The minimum atomic E-state index is -0.993. The van der Waals surface area contributed by atoms with E-state index in [-0.39, 0.29) is 12.6 Å². The third-order valence-corrected chi connectivity index (χ3v) is 3.68. The van der Waals surface area contributed by atoms with Crippen LogP contribution in [0.1, 0.15) is 39.5 Å². The van der Waals surface area contributed by atoms with Crippen LogP contribution in [-0.4, -0.2) is 65.2 Å². The van der Waals surface area contributed by atoms with Gasteiger partial charge in [-0.25, -0.2) is 9.59 Å². The molecule has 120 valence electrons. The molecule has 1 unspecified atom stereocenters. The lowest BCUT2D eigenvalue weighted by Gasteiger charge is -2.34. The molecule has 0 aliphatic carbocycles. The van der Waals surface area contributed by atoms with Gasteiger partial charge in [0, 0.05) is 12.6 Å². The summed E-state index contributed by atoms with van der Waals surface area (Å²) >= 11 is 0. The minimum Gasteiger partial charge on any atom is -0.480 e. The van der Waals surface area contributed by atoms with Crippen molar-refractivity contribution in [3.05, 3.63) is 0 Å². The van der Waals surface area contributed by atoms with E-state index in [1.54, 1.807) is 13.8 Å². The Kier molecular flexibility index (Phi) is 6.45. The number of carboxylic acids is 1. The first-order valence-electron chi connectivity index (χ1n) is 7.25. The van der Waals surface area contributed by atoms with Gasteiger partial charge in [-0.1, -0.05) is 12.8 Å². The highest BCUT2D eigenvalue weighted by Crippen LogP contribution is 2.19. The molecule has 0 bridgehead atoms. The van der Waals surface area contributed by atoms with Crippen LogP contribution in [0.15, 0.2) is 0 Å². The van der Waals surface area contributed by atoms with Crippen LogP contribution >= 0.6 is 0 Å².